The summed E-state index contributed by atoms with van der Waals surface area (Å²) >= 11 is 0. The molecule has 0 aliphatic carbocycles. The highest BCUT2D eigenvalue weighted by Gasteiger charge is 2.30. The molecule has 1 aromatic rings. The van der Waals surface area contributed by atoms with Crippen LogP contribution in [0.25, 0.3) is 0 Å². The van der Waals surface area contributed by atoms with Crippen molar-refractivity contribution in [3.63, 3.8) is 0 Å². The van der Waals surface area contributed by atoms with Crippen LogP contribution in [0.15, 0.2) is 29.2 Å². The van der Waals surface area contributed by atoms with E-state index in [2.05, 4.69) is 10.6 Å². The lowest BCUT2D eigenvalue weighted by molar-refractivity contribution is -0.121. The standard InChI is InChI=1S/C22H33N4O5S/c1-16(22(23)28)2-7-21(27)25-17-10-14-26(15-11-17)32(29,30)20-5-3-18(4-6-20)31-19-8-12-24-13-9-19/h3-7,16-17,19,24H,2,8-15H2,1H3,(H2,23,28)(H,25,27)/t16-/m0/s1. The topological polar surface area (TPSA) is 131 Å². The predicted molar refractivity (Wildman–Crippen MR) is 120 cm³/mol. The fourth-order valence-corrected chi connectivity index (χ4v) is 5.32. The van der Waals surface area contributed by atoms with Gasteiger partial charge in [-0.3, -0.25) is 9.59 Å². The molecule has 2 saturated heterocycles. The minimum atomic E-state index is -3.60. The van der Waals surface area contributed by atoms with E-state index in [0.717, 1.165) is 25.9 Å². The van der Waals surface area contributed by atoms with Gasteiger partial charge in [-0.05, 0) is 69.5 Å². The molecular weight excluding hydrogens is 432 g/mol. The third-order valence-electron chi connectivity index (χ3n) is 5.99. The second-order valence-electron chi connectivity index (χ2n) is 8.47. The molecule has 4 N–H and O–H groups in total. The number of ether oxygens (including phenoxy) is 1. The summed E-state index contributed by atoms with van der Waals surface area (Å²) in [4.78, 5) is 23.3. The predicted octanol–water partition coefficient (Wildman–Crippen LogP) is 0.802. The van der Waals surface area contributed by atoms with Crippen LogP contribution >= 0.6 is 0 Å². The molecule has 0 saturated carbocycles. The summed E-state index contributed by atoms with van der Waals surface area (Å²) in [6.45, 7) is 4.19. The molecule has 3 rings (SSSR count). The lowest BCUT2D eigenvalue weighted by atomic mass is 10.0. The van der Waals surface area contributed by atoms with Gasteiger partial charge < -0.3 is 21.1 Å². The molecule has 177 valence electrons. The van der Waals surface area contributed by atoms with Crippen LogP contribution in [0.2, 0.25) is 0 Å². The first-order valence-electron chi connectivity index (χ1n) is 11.2. The van der Waals surface area contributed by atoms with Gasteiger partial charge in [0.25, 0.3) is 0 Å². The average molecular weight is 466 g/mol. The molecule has 1 radical (unpaired) electrons. The lowest BCUT2D eigenvalue weighted by Gasteiger charge is -2.31. The van der Waals surface area contributed by atoms with E-state index < -0.39 is 21.8 Å². The van der Waals surface area contributed by atoms with Crippen LogP contribution in [0, 0.1) is 12.3 Å². The normalized spacial score (nSPS) is 19.9. The number of benzene rings is 1. The molecule has 32 heavy (non-hydrogen) atoms. The molecule has 0 spiro atoms. The summed E-state index contributed by atoms with van der Waals surface area (Å²) in [5.41, 5.74) is 5.20. The van der Waals surface area contributed by atoms with Crippen molar-refractivity contribution in [1.82, 2.24) is 14.9 Å². The van der Waals surface area contributed by atoms with E-state index in [1.54, 1.807) is 31.2 Å². The summed E-state index contributed by atoms with van der Waals surface area (Å²) in [5.74, 6) is -0.425. The Hall–Kier alpha value is -2.17. The molecule has 2 heterocycles. The molecule has 10 heteroatoms. The zero-order chi connectivity index (χ0) is 23.1. The van der Waals surface area contributed by atoms with Gasteiger partial charge in [0.1, 0.15) is 11.9 Å². The molecule has 2 fully saturated rings. The van der Waals surface area contributed by atoms with Gasteiger partial charge in [0.15, 0.2) is 0 Å². The maximum absolute atomic E-state index is 13.0. The number of hydrogen-bond donors (Lipinski definition) is 3. The molecule has 2 aliphatic rings. The molecular formula is C22H33N4O5S. The maximum atomic E-state index is 13.0. The molecule has 0 bridgehead atoms. The van der Waals surface area contributed by atoms with Crippen LogP contribution in [-0.4, -0.2) is 62.9 Å². The van der Waals surface area contributed by atoms with Crippen LogP contribution in [0.4, 0.5) is 0 Å². The average Bonchev–Trinajstić information content (AvgIpc) is 2.79. The first-order chi connectivity index (χ1) is 15.3. The largest absolute Gasteiger partial charge is 0.490 e. The SMILES string of the molecule is C[C@@H](C[CH]C(=O)NC1CCN(S(=O)(=O)c2ccc(OC3CCNCC3)cc2)CC1)C(N)=O. The fraction of sp³-hybridized carbons (Fsp3) is 0.591. The Morgan fingerprint density at radius 1 is 1.19 bits per heavy atom. The number of hydrogen-bond acceptors (Lipinski definition) is 6. The Bertz CT molecular complexity index is 876. The lowest BCUT2D eigenvalue weighted by Crippen LogP contribution is -2.46. The Kier molecular flexibility index (Phi) is 8.50. The molecule has 1 atom stereocenters. The van der Waals surface area contributed by atoms with Gasteiger partial charge in [0.2, 0.25) is 21.8 Å². The van der Waals surface area contributed by atoms with Gasteiger partial charge in [-0.25, -0.2) is 8.42 Å². The van der Waals surface area contributed by atoms with Gasteiger partial charge in [0, 0.05) is 25.0 Å². The Labute approximate surface area is 190 Å². The number of amides is 2. The highest BCUT2D eigenvalue weighted by Crippen LogP contribution is 2.24. The van der Waals surface area contributed by atoms with Crippen LogP contribution < -0.4 is 21.1 Å². The van der Waals surface area contributed by atoms with E-state index in [0.29, 0.717) is 31.7 Å². The smallest absolute Gasteiger partial charge is 0.243 e. The van der Waals surface area contributed by atoms with Crippen molar-refractivity contribution >= 4 is 21.8 Å². The number of nitrogens with two attached hydrogens (primary N) is 1. The van der Waals surface area contributed by atoms with Crippen molar-refractivity contribution in [3.8, 4) is 5.75 Å². The van der Waals surface area contributed by atoms with E-state index in [4.69, 9.17) is 10.5 Å². The van der Waals surface area contributed by atoms with E-state index in [-0.39, 0.29) is 29.4 Å². The minimum Gasteiger partial charge on any atom is -0.490 e. The van der Waals surface area contributed by atoms with Crippen LogP contribution in [0.1, 0.15) is 39.0 Å². The number of primary amides is 1. The Morgan fingerprint density at radius 2 is 1.81 bits per heavy atom. The number of piperidine rings is 2. The van der Waals surface area contributed by atoms with Gasteiger partial charge in [-0.15, -0.1) is 0 Å². The zero-order valence-corrected chi connectivity index (χ0v) is 19.3. The number of carbonyl (C=O) groups is 2. The van der Waals surface area contributed by atoms with E-state index >= 15 is 0 Å². The number of nitrogens with one attached hydrogen (secondary N) is 2. The molecule has 0 aromatic heterocycles. The number of rotatable bonds is 9. The Balaban J connectivity index is 1.47. The highest BCUT2D eigenvalue weighted by atomic mass is 32.2. The third-order valence-corrected chi connectivity index (χ3v) is 7.91. The van der Waals surface area contributed by atoms with Crippen molar-refractivity contribution in [3.05, 3.63) is 30.7 Å². The van der Waals surface area contributed by atoms with Crippen molar-refractivity contribution in [2.75, 3.05) is 26.2 Å². The van der Waals surface area contributed by atoms with Gasteiger partial charge in [-0.1, -0.05) is 6.92 Å². The fourth-order valence-electron chi connectivity index (χ4n) is 3.85. The third kappa shape index (κ3) is 6.66. The van der Waals surface area contributed by atoms with Crippen molar-refractivity contribution in [2.24, 2.45) is 11.7 Å². The summed E-state index contributed by atoms with van der Waals surface area (Å²) in [7, 11) is -3.60. The monoisotopic (exact) mass is 465 g/mol. The maximum Gasteiger partial charge on any atom is 0.243 e. The van der Waals surface area contributed by atoms with Crippen LogP contribution in [-0.2, 0) is 19.6 Å². The van der Waals surface area contributed by atoms with Gasteiger partial charge in [-0.2, -0.15) is 4.31 Å². The van der Waals surface area contributed by atoms with E-state index in [9.17, 15) is 18.0 Å². The summed E-state index contributed by atoms with van der Waals surface area (Å²) < 4.78 is 33.4. The number of carbonyl (C=O) groups excluding carboxylic acids is 2. The van der Waals surface area contributed by atoms with Gasteiger partial charge in [0.05, 0.1) is 11.3 Å². The Morgan fingerprint density at radius 3 is 2.41 bits per heavy atom. The first kappa shape index (κ1) is 24.5. The summed E-state index contributed by atoms with van der Waals surface area (Å²) in [6, 6.07) is 6.51. The molecule has 2 aliphatic heterocycles. The quantitative estimate of drug-likeness (QED) is 0.495. The van der Waals surface area contributed by atoms with Crippen molar-refractivity contribution in [2.45, 2.75) is 56.1 Å². The van der Waals surface area contributed by atoms with Crippen LogP contribution in [0.5, 0.6) is 5.75 Å². The molecule has 1 aromatic carbocycles. The zero-order valence-electron chi connectivity index (χ0n) is 18.5. The summed E-state index contributed by atoms with van der Waals surface area (Å²) in [6.07, 6.45) is 4.80. The minimum absolute atomic E-state index is 0.102. The van der Waals surface area contributed by atoms with E-state index in [1.165, 1.54) is 10.7 Å². The van der Waals surface area contributed by atoms with Crippen LogP contribution in [0.3, 0.4) is 0 Å². The second kappa shape index (κ2) is 11.1. The molecule has 9 nitrogen and oxygen atoms in total. The summed E-state index contributed by atoms with van der Waals surface area (Å²) in [5, 5.41) is 6.17. The first-order valence-corrected chi connectivity index (χ1v) is 12.6. The molecule has 0 unspecified atom stereocenters. The number of sulfonamides is 1. The van der Waals surface area contributed by atoms with Gasteiger partial charge >= 0.3 is 0 Å². The van der Waals surface area contributed by atoms with E-state index in [1.807, 2.05) is 0 Å². The van der Waals surface area contributed by atoms with Crippen molar-refractivity contribution in [1.29, 1.82) is 0 Å². The second-order valence-corrected chi connectivity index (χ2v) is 10.4. The molecule has 2 amide bonds. The van der Waals surface area contributed by atoms with Crippen molar-refractivity contribution < 1.29 is 22.7 Å². The number of nitrogens with zero attached hydrogens (tertiary/aromatic N) is 1. The highest BCUT2D eigenvalue weighted by molar-refractivity contribution is 7.89.